The Hall–Kier alpha value is -2.48. The quantitative estimate of drug-likeness (QED) is 0.702. The molecule has 0 unspecified atom stereocenters. The van der Waals surface area contributed by atoms with Crippen LogP contribution in [-0.4, -0.2) is 45.9 Å². The summed E-state index contributed by atoms with van der Waals surface area (Å²) in [4.78, 5) is 17.2. The van der Waals surface area contributed by atoms with E-state index in [1.165, 1.54) is 12.1 Å². The molecule has 1 aliphatic rings. The van der Waals surface area contributed by atoms with E-state index in [1.54, 1.807) is 30.6 Å². The normalized spacial score (nSPS) is 19.7. The molecular weight excluding hydrogens is 385 g/mol. The molecule has 0 saturated carbocycles. The molecule has 6 nitrogen and oxygen atoms in total. The van der Waals surface area contributed by atoms with Crippen molar-refractivity contribution in [2.75, 3.05) is 13.2 Å². The number of aliphatic hydroxyl groups excluding tert-OH is 1. The molecule has 0 radical (unpaired) electrons. The molecule has 2 aromatic heterocycles. The maximum absolute atomic E-state index is 13.2. The van der Waals surface area contributed by atoms with Crippen LogP contribution in [0.25, 0.3) is 11.0 Å². The zero-order valence-electron chi connectivity index (χ0n) is 14.9. The lowest BCUT2D eigenvalue weighted by Crippen LogP contribution is -2.48. The van der Waals surface area contributed by atoms with Gasteiger partial charge in [-0.2, -0.15) is 0 Å². The number of pyridine rings is 1. The van der Waals surface area contributed by atoms with Gasteiger partial charge in [-0.05, 0) is 30.2 Å². The summed E-state index contributed by atoms with van der Waals surface area (Å²) in [6.07, 6.45) is 3.03. The fourth-order valence-electron chi connectivity index (χ4n) is 3.40. The zero-order valence-corrected chi connectivity index (χ0v) is 15.7. The third kappa shape index (κ3) is 3.73. The molecule has 28 heavy (non-hydrogen) atoms. The summed E-state index contributed by atoms with van der Waals surface area (Å²) in [6, 6.07) is 7.43. The highest BCUT2D eigenvalue weighted by atomic mass is 35.5. The highest BCUT2D eigenvalue weighted by Crippen LogP contribution is 2.27. The first-order valence-corrected chi connectivity index (χ1v) is 9.35. The summed E-state index contributed by atoms with van der Waals surface area (Å²) in [7, 11) is 0. The molecule has 8 heteroatoms. The van der Waals surface area contributed by atoms with Crippen molar-refractivity contribution in [3.63, 3.8) is 0 Å². The second-order valence-corrected chi connectivity index (χ2v) is 7.21. The molecule has 2 N–H and O–H groups in total. The van der Waals surface area contributed by atoms with Gasteiger partial charge in [-0.15, -0.1) is 0 Å². The largest absolute Gasteiger partial charge is 0.389 e. The van der Waals surface area contributed by atoms with E-state index < -0.39 is 6.10 Å². The molecule has 2 atom stereocenters. The number of hydrogen-bond acceptors (Lipinski definition) is 4. The Kier molecular flexibility index (Phi) is 5.30. The van der Waals surface area contributed by atoms with Crippen LogP contribution >= 0.6 is 11.6 Å². The van der Waals surface area contributed by atoms with E-state index in [9.17, 15) is 14.3 Å². The van der Waals surface area contributed by atoms with Crippen molar-refractivity contribution < 1.29 is 19.0 Å². The van der Waals surface area contributed by atoms with E-state index in [0.29, 0.717) is 41.2 Å². The van der Waals surface area contributed by atoms with Gasteiger partial charge in [-0.25, -0.2) is 4.39 Å². The van der Waals surface area contributed by atoms with Gasteiger partial charge in [0.05, 0.1) is 34.9 Å². The summed E-state index contributed by atoms with van der Waals surface area (Å²) in [5, 5.41) is 13.4. The van der Waals surface area contributed by atoms with Crippen LogP contribution in [0, 0.1) is 5.82 Å². The Morgan fingerprint density at radius 1 is 1.36 bits per heavy atom. The van der Waals surface area contributed by atoms with Gasteiger partial charge in [0.15, 0.2) is 0 Å². The Morgan fingerprint density at radius 3 is 2.89 bits per heavy atom. The number of fused-ring (bicyclic) bond motifs is 1. The van der Waals surface area contributed by atoms with Gasteiger partial charge in [-0.3, -0.25) is 9.78 Å². The van der Waals surface area contributed by atoms with Crippen LogP contribution in [0.1, 0.15) is 22.3 Å². The maximum atomic E-state index is 13.2. The SMILES string of the molecule is O=C(N[C@@H]1CCOC[C@H]1O)c1cn(Cc2ccc(F)cc2)c2c(Cl)ccnc12. The van der Waals surface area contributed by atoms with Gasteiger partial charge < -0.3 is 19.7 Å². The molecule has 3 aromatic rings. The third-order valence-electron chi connectivity index (χ3n) is 4.86. The lowest BCUT2D eigenvalue weighted by atomic mass is 10.1. The molecule has 1 aromatic carbocycles. The number of carbonyl (C=O) groups excluding carboxylic acids is 1. The first-order valence-electron chi connectivity index (χ1n) is 8.97. The number of nitrogens with zero attached hydrogens (tertiary/aromatic N) is 2. The lowest BCUT2D eigenvalue weighted by Gasteiger charge is -2.28. The number of ether oxygens (including phenoxy) is 1. The minimum absolute atomic E-state index is 0.196. The molecule has 0 bridgehead atoms. The van der Waals surface area contributed by atoms with Gasteiger partial charge in [0.25, 0.3) is 5.91 Å². The second-order valence-electron chi connectivity index (χ2n) is 6.80. The van der Waals surface area contributed by atoms with E-state index in [-0.39, 0.29) is 24.4 Å². The number of aliphatic hydroxyl groups is 1. The highest BCUT2D eigenvalue weighted by molar-refractivity contribution is 6.35. The van der Waals surface area contributed by atoms with E-state index in [2.05, 4.69) is 10.3 Å². The van der Waals surface area contributed by atoms with Crippen molar-refractivity contribution in [3.8, 4) is 0 Å². The van der Waals surface area contributed by atoms with Gasteiger partial charge in [0.2, 0.25) is 0 Å². The summed E-state index contributed by atoms with van der Waals surface area (Å²) in [6.45, 7) is 1.09. The Balaban J connectivity index is 1.67. The van der Waals surface area contributed by atoms with Gasteiger partial charge >= 0.3 is 0 Å². The number of benzene rings is 1. The molecule has 1 amide bonds. The summed E-state index contributed by atoms with van der Waals surface area (Å²) in [5.41, 5.74) is 2.35. The number of aromatic nitrogens is 2. The molecule has 3 heterocycles. The fraction of sp³-hybridized carbons (Fsp3) is 0.300. The number of hydrogen-bond donors (Lipinski definition) is 2. The summed E-state index contributed by atoms with van der Waals surface area (Å²) in [5.74, 6) is -0.639. The fourth-order valence-corrected chi connectivity index (χ4v) is 3.65. The number of amides is 1. The second kappa shape index (κ2) is 7.87. The number of nitrogens with one attached hydrogen (secondary N) is 1. The Bertz CT molecular complexity index is 1010. The van der Waals surface area contributed by atoms with E-state index in [4.69, 9.17) is 16.3 Å². The average Bonchev–Trinajstić information content (AvgIpc) is 3.05. The maximum Gasteiger partial charge on any atom is 0.255 e. The monoisotopic (exact) mass is 403 g/mol. The van der Waals surface area contributed by atoms with Crippen LogP contribution in [0.3, 0.4) is 0 Å². The van der Waals surface area contributed by atoms with Crippen molar-refractivity contribution in [2.45, 2.75) is 25.1 Å². The van der Waals surface area contributed by atoms with Crippen LogP contribution in [0.15, 0.2) is 42.7 Å². The first kappa shape index (κ1) is 18.9. The summed E-state index contributed by atoms with van der Waals surface area (Å²) >= 11 is 6.38. The van der Waals surface area contributed by atoms with E-state index in [0.717, 1.165) is 5.56 Å². The van der Waals surface area contributed by atoms with Crippen molar-refractivity contribution in [2.24, 2.45) is 0 Å². The molecule has 4 rings (SSSR count). The Morgan fingerprint density at radius 2 is 2.14 bits per heavy atom. The van der Waals surface area contributed by atoms with Crippen LogP contribution in [0.4, 0.5) is 4.39 Å². The van der Waals surface area contributed by atoms with Crippen molar-refractivity contribution in [3.05, 3.63) is 64.7 Å². The number of halogens is 2. The minimum Gasteiger partial charge on any atom is -0.389 e. The molecule has 146 valence electrons. The predicted octanol–water partition coefficient (Wildman–Crippen LogP) is 2.76. The molecule has 0 spiro atoms. The number of carbonyl (C=O) groups is 1. The molecule has 1 saturated heterocycles. The van der Waals surface area contributed by atoms with E-state index in [1.807, 2.05) is 4.57 Å². The van der Waals surface area contributed by atoms with Gasteiger partial charge in [-0.1, -0.05) is 23.7 Å². The minimum atomic E-state index is -0.748. The smallest absolute Gasteiger partial charge is 0.255 e. The molecule has 1 fully saturated rings. The zero-order chi connectivity index (χ0) is 19.7. The first-order chi connectivity index (χ1) is 13.5. The van der Waals surface area contributed by atoms with E-state index >= 15 is 0 Å². The van der Waals surface area contributed by atoms with Crippen LogP contribution in [0.5, 0.6) is 0 Å². The average molecular weight is 404 g/mol. The van der Waals surface area contributed by atoms with Crippen molar-refractivity contribution in [1.29, 1.82) is 0 Å². The van der Waals surface area contributed by atoms with Crippen LogP contribution < -0.4 is 5.32 Å². The summed E-state index contributed by atoms with van der Waals surface area (Å²) < 4.78 is 20.2. The van der Waals surface area contributed by atoms with Gasteiger partial charge in [0, 0.05) is 25.5 Å². The number of rotatable bonds is 4. The third-order valence-corrected chi connectivity index (χ3v) is 5.16. The standard InChI is InChI=1S/C20H19ClFN3O3/c21-15-5-7-23-18-14(20(27)24-16-6-8-28-11-17(16)26)10-25(19(15)18)9-12-1-3-13(22)4-2-12/h1-5,7,10,16-17,26H,6,8-9,11H2,(H,24,27)/t16-,17-/m1/s1. The van der Waals surface area contributed by atoms with Crippen molar-refractivity contribution in [1.82, 2.24) is 14.9 Å². The molecule has 1 aliphatic heterocycles. The predicted molar refractivity (Wildman–Crippen MR) is 103 cm³/mol. The highest BCUT2D eigenvalue weighted by Gasteiger charge is 2.27. The Labute approximate surface area is 165 Å². The van der Waals surface area contributed by atoms with Gasteiger partial charge in [0.1, 0.15) is 11.3 Å². The van der Waals surface area contributed by atoms with Crippen LogP contribution in [0.2, 0.25) is 5.02 Å². The van der Waals surface area contributed by atoms with Crippen molar-refractivity contribution >= 4 is 28.5 Å². The molecule has 0 aliphatic carbocycles. The topological polar surface area (TPSA) is 76.4 Å². The molecular formula is C20H19ClFN3O3. The lowest BCUT2D eigenvalue weighted by molar-refractivity contribution is -0.0260. The van der Waals surface area contributed by atoms with Crippen LogP contribution in [-0.2, 0) is 11.3 Å².